The molecule has 2 aliphatic rings. The van der Waals surface area contributed by atoms with Gasteiger partial charge >= 0.3 is 6.18 Å². The lowest BCUT2D eigenvalue weighted by molar-refractivity contribution is -0.142. The molecule has 0 aromatic carbocycles. The molecule has 6 nitrogen and oxygen atoms in total. The lowest BCUT2D eigenvalue weighted by atomic mass is 10.1. The van der Waals surface area contributed by atoms with Crippen LogP contribution >= 0.6 is 24.0 Å². The van der Waals surface area contributed by atoms with Crippen molar-refractivity contribution in [2.75, 3.05) is 59.5 Å². The van der Waals surface area contributed by atoms with E-state index in [0.717, 1.165) is 25.4 Å². The Kier molecular flexibility index (Phi) is 10.5. The van der Waals surface area contributed by atoms with Crippen molar-refractivity contribution in [3.8, 4) is 0 Å². The zero-order chi connectivity index (χ0) is 18.3. The lowest BCUT2D eigenvalue weighted by Crippen LogP contribution is -2.53. The first-order chi connectivity index (χ1) is 11.9. The Bertz CT molecular complexity index is 434. The zero-order valence-corrected chi connectivity index (χ0v) is 17.8. The van der Waals surface area contributed by atoms with E-state index in [1.807, 2.05) is 6.92 Å². The van der Waals surface area contributed by atoms with Crippen molar-refractivity contribution in [2.45, 2.75) is 38.1 Å². The van der Waals surface area contributed by atoms with Crippen LogP contribution in [-0.4, -0.2) is 93.7 Å². The Morgan fingerprint density at radius 3 is 2.62 bits per heavy atom. The summed E-state index contributed by atoms with van der Waals surface area (Å²) in [5, 5.41) is 3.22. The molecule has 10 heteroatoms. The van der Waals surface area contributed by atoms with Gasteiger partial charge in [-0.05, 0) is 26.8 Å². The minimum absolute atomic E-state index is 0. The summed E-state index contributed by atoms with van der Waals surface area (Å²) >= 11 is 0. The third kappa shape index (κ3) is 8.13. The molecule has 0 aromatic rings. The molecule has 0 bridgehead atoms. The Hall–Kier alpha value is -0.330. The number of halogens is 4. The van der Waals surface area contributed by atoms with Crippen molar-refractivity contribution in [1.29, 1.82) is 0 Å². The molecule has 26 heavy (non-hydrogen) atoms. The second-order valence-corrected chi connectivity index (χ2v) is 6.50. The van der Waals surface area contributed by atoms with E-state index in [1.165, 1.54) is 11.9 Å². The highest BCUT2D eigenvalue weighted by Gasteiger charge is 2.32. The second kappa shape index (κ2) is 11.5. The summed E-state index contributed by atoms with van der Waals surface area (Å²) in [5.41, 5.74) is 0. The van der Waals surface area contributed by atoms with Crippen LogP contribution in [0.25, 0.3) is 0 Å². The summed E-state index contributed by atoms with van der Waals surface area (Å²) < 4.78 is 48.7. The van der Waals surface area contributed by atoms with Gasteiger partial charge in [0.1, 0.15) is 6.10 Å². The minimum Gasteiger partial charge on any atom is -0.375 e. The number of alkyl halides is 3. The van der Waals surface area contributed by atoms with Gasteiger partial charge in [0.25, 0.3) is 0 Å². The molecule has 0 radical (unpaired) electrons. The fourth-order valence-electron chi connectivity index (χ4n) is 3.13. The Balaban J connectivity index is 0.00000338. The van der Waals surface area contributed by atoms with E-state index in [9.17, 15) is 13.2 Å². The van der Waals surface area contributed by atoms with Crippen LogP contribution in [0.5, 0.6) is 0 Å². The van der Waals surface area contributed by atoms with E-state index in [-0.39, 0.29) is 42.7 Å². The van der Waals surface area contributed by atoms with Crippen molar-refractivity contribution in [3.05, 3.63) is 0 Å². The van der Waals surface area contributed by atoms with E-state index in [2.05, 4.69) is 15.2 Å². The molecule has 0 amide bonds. The third-order valence-corrected chi connectivity index (χ3v) is 4.30. The summed E-state index contributed by atoms with van der Waals surface area (Å²) in [6.07, 6.45) is -1.96. The third-order valence-electron chi connectivity index (χ3n) is 4.30. The lowest BCUT2D eigenvalue weighted by Gasteiger charge is -2.37. The first kappa shape index (κ1) is 23.7. The van der Waals surface area contributed by atoms with E-state index < -0.39 is 12.7 Å². The first-order valence-electron chi connectivity index (χ1n) is 8.91. The van der Waals surface area contributed by atoms with Gasteiger partial charge in [-0.2, -0.15) is 13.2 Å². The molecule has 154 valence electrons. The van der Waals surface area contributed by atoms with Gasteiger partial charge in [0, 0.05) is 32.8 Å². The largest absolute Gasteiger partial charge is 0.401 e. The molecule has 0 spiro atoms. The first-order valence-corrected chi connectivity index (χ1v) is 8.91. The molecule has 0 aliphatic carbocycles. The molecule has 2 fully saturated rings. The molecule has 2 saturated heterocycles. The zero-order valence-electron chi connectivity index (χ0n) is 15.4. The van der Waals surface area contributed by atoms with E-state index >= 15 is 0 Å². The minimum atomic E-state index is -4.18. The molecule has 0 saturated carbocycles. The smallest absolute Gasteiger partial charge is 0.375 e. The number of aliphatic imine (C=N–C) groups is 1. The number of likely N-dealkylation sites (N-methyl/N-ethyl adjacent to an activating group) is 1. The van der Waals surface area contributed by atoms with Gasteiger partial charge in [0.15, 0.2) is 5.96 Å². The molecule has 2 aliphatic heterocycles. The van der Waals surface area contributed by atoms with Gasteiger partial charge in [-0.15, -0.1) is 24.0 Å². The maximum absolute atomic E-state index is 12.4. The van der Waals surface area contributed by atoms with E-state index in [0.29, 0.717) is 32.8 Å². The number of ether oxygens (including phenoxy) is 2. The summed E-state index contributed by atoms with van der Waals surface area (Å²) in [4.78, 5) is 7.85. The van der Waals surface area contributed by atoms with Crippen LogP contribution in [0.15, 0.2) is 4.99 Å². The summed E-state index contributed by atoms with van der Waals surface area (Å²) in [6.45, 7) is 5.13. The Labute approximate surface area is 170 Å². The number of hydrogen-bond acceptors (Lipinski definition) is 4. The molecule has 2 unspecified atom stereocenters. The van der Waals surface area contributed by atoms with Crippen LogP contribution in [0.1, 0.15) is 19.8 Å². The van der Waals surface area contributed by atoms with E-state index in [4.69, 9.17) is 9.47 Å². The van der Waals surface area contributed by atoms with Crippen molar-refractivity contribution in [2.24, 2.45) is 4.99 Å². The second-order valence-electron chi connectivity index (χ2n) is 6.50. The summed E-state index contributed by atoms with van der Waals surface area (Å²) in [5.74, 6) is 0.731. The number of guanidine groups is 1. The topological polar surface area (TPSA) is 49.3 Å². The SMILES string of the molecule is CCNC(=NCCN(C)CC(F)(F)F)N1CCOC(C2CCCO2)C1.I. The quantitative estimate of drug-likeness (QED) is 0.348. The molecular weight excluding hydrogens is 464 g/mol. The van der Waals surface area contributed by atoms with Gasteiger partial charge < -0.3 is 19.7 Å². The van der Waals surface area contributed by atoms with Crippen LogP contribution in [0, 0.1) is 0 Å². The maximum atomic E-state index is 12.4. The highest BCUT2D eigenvalue weighted by Crippen LogP contribution is 2.21. The number of morpholine rings is 1. The van der Waals surface area contributed by atoms with E-state index in [1.54, 1.807) is 0 Å². The molecule has 2 heterocycles. The van der Waals surface area contributed by atoms with Crippen molar-refractivity contribution in [1.82, 2.24) is 15.1 Å². The monoisotopic (exact) mass is 494 g/mol. The predicted octanol–water partition coefficient (Wildman–Crippen LogP) is 1.94. The van der Waals surface area contributed by atoms with Gasteiger partial charge in [0.2, 0.25) is 0 Å². The van der Waals surface area contributed by atoms with Crippen molar-refractivity contribution >= 4 is 29.9 Å². The fraction of sp³-hybridized carbons (Fsp3) is 0.938. The maximum Gasteiger partial charge on any atom is 0.401 e. The normalized spacial score (nSPS) is 24.7. The molecule has 2 atom stereocenters. The predicted molar refractivity (Wildman–Crippen MR) is 105 cm³/mol. The average Bonchev–Trinajstić information content (AvgIpc) is 3.07. The van der Waals surface area contributed by atoms with Gasteiger partial charge in [-0.25, -0.2) is 0 Å². The number of hydrogen-bond donors (Lipinski definition) is 1. The van der Waals surface area contributed by atoms with Gasteiger partial charge in [-0.3, -0.25) is 9.89 Å². The van der Waals surface area contributed by atoms with Crippen LogP contribution < -0.4 is 5.32 Å². The number of nitrogens with one attached hydrogen (secondary N) is 1. The van der Waals surface area contributed by atoms with Crippen LogP contribution in [0.2, 0.25) is 0 Å². The molecule has 1 N–H and O–H groups in total. The summed E-state index contributed by atoms with van der Waals surface area (Å²) in [6, 6.07) is 0. The van der Waals surface area contributed by atoms with Crippen molar-refractivity contribution in [3.63, 3.8) is 0 Å². The van der Waals surface area contributed by atoms with Crippen LogP contribution in [0.3, 0.4) is 0 Å². The number of rotatable bonds is 6. The van der Waals surface area contributed by atoms with Crippen LogP contribution in [-0.2, 0) is 9.47 Å². The summed E-state index contributed by atoms with van der Waals surface area (Å²) in [7, 11) is 1.46. The highest BCUT2D eigenvalue weighted by atomic mass is 127. The Morgan fingerprint density at radius 2 is 2.00 bits per heavy atom. The highest BCUT2D eigenvalue weighted by molar-refractivity contribution is 14.0. The average molecular weight is 494 g/mol. The molecular formula is C16H30F3IN4O2. The standard InChI is InChI=1S/C16H29F3N4O2.HI/c1-3-20-15(21-6-7-22(2)12-16(17,18)19)23-8-10-25-14(11-23)13-5-4-9-24-13;/h13-14H,3-12H2,1-2H3,(H,20,21);1H. The molecule has 2 rings (SSSR count). The van der Waals surface area contributed by atoms with Gasteiger partial charge in [-0.1, -0.05) is 0 Å². The Morgan fingerprint density at radius 1 is 1.27 bits per heavy atom. The molecule has 0 aromatic heterocycles. The number of nitrogens with zero attached hydrogens (tertiary/aromatic N) is 3. The van der Waals surface area contributed by atoms with Gasteiger partial charge in [0.05, 0.1) is 25.8 Å². The fourth-order valence-corrected chi connectivity index (χ4v) is 3.13. The van der Waals surface area contributed by atoms with Crippen molar-refractivity contribution < 1.29 is 22.6 Å². The van der Waals surface area contributed by atoms with Crippen LogP contribution in [0.4, 0.5) is 13.2 Å².